The number of hydrogen-bond donors (Lipinski definition) is 1. The van der Waals surface area contributed by atoms with Gasteiger partial charge in [-0.1, -0.05) is 0 Å². The number of aryl methyl sites for hydroxylation is 1. The van der Waals surface area contributed by atoms with E-state index in [1.807, 2.05) is 11.8 Å². The molecular weight excluding hydrogens is 240 g/mol. The molecule has 2 rings (SSSR count). The van der Waals surface area contributed by atoms with Crippen LogP contribution in [0.4, 0.5) is 0 Å². The van der Waals surface area contributed by atoms with Crippen LogP contribution in [-0.4, -0.2) is 53.5 Å². The van der Waals surface area contributed by atoms with Gasteiger partial charge in [-0.15, -0.1) is 0 Å². The zero-order valence-electron chi connectivity index (χ0n) is 11.9. The number of benzene rings is 1. The van der Waals surface area contributed by atoms with Crippen LogP contribution in [0.15, 0.2) is 18.2 Å². The van der Waals surface area contributed by atoms with E-state index in [-0.39, 0.29) is 17.7 Å². The van der Waals surface area contributed by atoms with Crippen molar-refractivity contribution in [1.82, 2.24) is 9.80 Å². The van der Waals surface area contributed by atoms with Gasteiger partial charge in [0.2, 0.25) is 0 Å². The summed E-state index contributed by atoms with van der Waals surface area (Å²) in [6.45, 7) is 6.63. The number of amides is 1. The van der Waals surface area contributed by atoms with E-state index in [9.17, 15) is 9.90 Å². The van der Waals surface area contributed by atoms with Gasteiger partial charge < -0.3 is 14.9 Å². The molecule has 1 aromatic carbocycles. The topological polar surface area (TPSA) is 43.8 Å². The number of phenols is 1. The van der Waals surface area contributed by atoms with Gasteiger partial charge in [0.15, 0.2) is 0 Å². The third kappa shape index (κ3) is 3.07. The second-order valence-electron chi connectivity index (χ2n) is 5.46. The zero-order chi connectivity index (χ0) is 14.0. The van der Waals surface area contributed by atoms with Gasteiger partial charge in [-0.25, -0.2) is 0 Å². The van der Waals surface area contributed by atoms with Gasteiger partial charge in [0.1, 0.15) is 5.75 Å². The van der Waals surface area contributed by atoms with Gasteiger partial charge in [-0.2, -0.15) is 0 Å². The molecule has 19 heavy (non-hydrogen) atoms. The molecule has 1 atom stereocenters. The molecule has 4 heteroatoms. The fourth-order valence-corrected chi connectivity index (χ4v) is 2.63. The Kier molecular flexibility index (Phi) is 4.10. The summed E-state index contributed by atoms with van der Waals surface area (Å²) in [4.78, 5) is 16.8. The first-order chi connectivity index (χ1) is 8.99. The minimum Gasteiger partial charge on any atom is -0.508 e. The van der Waals surface area contributed by atoms with Crippen molar-refractivity contribution in [1.29, 1.82) is 0 Å². The molecule has 1 aromatic rings. The Morgan fingerprint density at radius 1 is 1.37 bits per heavy atom. The number of phenolic OH excluding ortho intramolecular Hbond substituents is 1. The van der Waals surface area contributed by atoms with E-state index in [1.54, 1.807) is 18.2 Å². The highest BCUT2D eigenvalue weighted by Crippen LogP contribution is 2.20. The van der Waals surface area contributed by atoms with Crippen molar-refractivity contribution in [2.45, 2.75) is 26.3 Å². The second kappa shape index (κ2) is 5.61. The molecule has 0 aliphatic carbocycles. The largest absolute Gasteiger partial charge is 0.508 e. The van der Waals surface area contributed by atoms with Gasteiger partial charge >= 0.3 is 0 Å². The monoisotopic (exact) mass is 262 g/mol. The highest BCUT2D eigenvalue weighted by molar-refractivity contribution is 5.94. The third-order valence-corrected chi connectivity index (χ3v) is 3.75. The molecule has 0 saturated carbocycles. The van der Waals surface area contributed by atoms with Crippen molar-refractivity contribution in [2.75, 3.05) is 26.7 Å². The van der Waals surface area contributed by atoms with Gasteiger partial charge in [0, 0.05) is 24.7 Å². The molecule has 1 amide bonds. The van der Waals surface area contributed by atoms with Crippen molar-refractivity contribution in [3.8, 4) is 5.75 Å². The molecule has 1 aliphatic rings. The SMILES string of the molecule is Cc1cc(C(=O)N2CCCN(C)CC2C)ccc1O. The number of likely N-dealkylation sites (N-methyl/N-ethyl adjacent to an activating group) is 1. The molecular formula is C15H22N2O2. The summed E-state index contributed by atoms with van der Waals surface area (Å²) in [6, 6.07) is 5.27. The first-order valence-corrected chi connectivity index (χ1v) is 6.78. The predicted molar refractivity (Wildman–Crippen MR) is 75.5 cm³/mol. The molecule has 0 bridgehead atoms. The zero-order valence-corrected chi connectivity index (χ0v) is 11.9. The Morgan fingerprint density at radius 3 is 2.79 bits per heavy atom. The molecule has 0 radical (unpaired) electrons. The summed E-state index contributed by atoms with van der Waals surface area (Å²) in [5.74, 6) is 0.297. The van der Waals surface area contributed by atoms with E-state index in [0.717, 1.165) is 31.6 Å². The normalized spacial score (nSPS) is 21.2. The minimum absolute atomic E-state index is 0.0610. The number of aromatic hydroxyl groups is 1. The lowest BCUT2D eigenvalue weighted by Gasteiger charge is -2.28. The molecule has 104 valence electrons. The smallest absolute Gasteiger partial charge is 0.254 e. The predicted octanol–water partition coefficient (Wildman–Crippen LogP) is 1.87. The lowest BCUT2D eigenvalue weighted by Crippen LogP contribution is -2.42. The maximum atomic E-state index is 12.6. The number of rotatable bonds is 1. The van der Waals surface area contributed by atoms with E-state index in [4.69, 9.17) is 0 Å². The Morgan fingerprint density at radius 2 is 2.11 bits per heavy atom. The summed E-state index contributed by atoms with van der Waals surface area (Å²) < 4.78 is 0. The first-order valence-electron chi connectivity index (χ1n) is 6.78. The van der Waals surface area contributed by atoms with Crippen LogP contribution in [-0.2, 0) is 0 Å². The molecule has 1 N–H and O–H groups in total. The Labute approximate surface area is 114 Å². The molecule has 1 saturated heterocycles. The molecule has 1 fully saturated rings. The van der Waals surface area contributed by atoms with E-state index >= 15 is 0 Å². The molecule has 0 aromatic heterocycles. The third-order valence-electron chi connectivity index (χ3n) is 3.75. The molecule has 1 heterocycles. The fraction of sp³-hybridized carbons (Fsp3) is 0.533. The first kappa shape index (κ1) is 13.9. The second-order valence-corrected chi connectivity index (χ2v) is 5.46. The highest BCUT2D eigenvalue weighted by atomic mass is 16.3. The van der Waals surface area contributed by atoms with Crippen LogP contribution in [0.1, 0.15) is 29.3 Å². The summed E-state index contributed by atoms with van der Waals surface area (Å²) in [6.07, 6.45) is 1.00. The van der Waals surface area contributed by atoms with Crippen LogP contribution in [0.5, 0.6) is 5.75 Å². The van der Waals surface area contributed by atoms with Gasteiger partial charge in [-0.3, -0.25) is 4.79 Å². The van der Waals surface area contributed by atoms with Crippen LogP contribution in [0.2, 0.25) is 0 Å². The van der Waals surface area contributed by atoms with Gasteiger partial charge in [0.05, 0.1) is 0 Å². The lowest BCUT2D eigenvalue weighted by molar-refractivity contribution is 0.0696. The number of carbonyl (C=O) groups excluding carboxylic acids is 1. The standard InChI is InChI=1S/C15H22N2O2/c1-11-9-13(5-6-14(11)18)15(19)17-8-4-7-16(3)10-12(17)2/h5-6,9,12,18H,4,7-8,10H2,1-3H3. The molecule has 1 aliphatic heterocycles. The van der Waals surface area contributed by atoms with E-state index in [0.29, 0.717) is 5.56 Å². The van der Waals surface area contributed by atoms with Crippen molar-refractivity contribution in [2.24, 2.45) is 0 Å². The van der Waals surface area contributed by atoms with E-state index in [1.165, 1.54) is 0 Å². The molecule has 1 unspecified atom stereocenters. The summed E-state index contributed by atoms with van der Waals surface area (Å²) in [5.41, 5.74) is 1.40. The maximum Gasteiger partial charge on any atom is 0.254 e. The van der Waals surface area contributed by atoms with Crippen molar-refractivity contribution >= 4 is 5.91 Å². The minimum atomic E-state index is 0.0610. The van der Waals surface area contributed by atoms with E-state index in [2.05, 4.69) is 18.9 Å². The van der Waals surface area contributed by atoms with Crippen LogP contribution < -0.4 is 0 Å². The van der Waals surface area contributed by atoms with E-state index < -0.39 is 0 Å². The van der Waals surface area contributed by atoms with Crippen molar-refractivity contribution in [3.05, 3.63) is 29.3 Å². The summed E-state index contributed by atoms with van der Waals surface area (Å²) in [5, 5.41) is 9.54. The highest BCUT2D eigenvalue weighted by Gasteiger charge is 2.25. The van der Waals surface area contributed by atoms with Crippen LogP contribution in [0.25, 0.3) is 0 Å². The summed E-state index contributed by atoms with van der Waals surface area (Å²) in [7, 11) is 2.09. The Hall–Kier alpha value is -1.55. The fourth-order valence-electron chi connectivity index (χ4n) is 2.63. The lowest BCUT2D eigenvalue weighted by atomic mass is 10.1. The van der Waals surface area contributed by atoms with Crippen LogP contribution in [0, 0.1) is 6.92 Å². The Balaban J connectivity index is 2.20. The van der Waals surface area contributed by atoms with Crippen molar-refractivity contribution < 1.29 is 9.90 Å². The van der Waals surface area contributed by atoms with Gasteiger partial charge in [0.25, 0.3) is 5.91 Å². The van der Waals surface area contributed by atoms with Crippen LogP contribution in [0.3, 0.4) is 0 Å². The number of nitrogens with zero attached hydrogens (tertiary/aromatic N) is 2. The average Bonchev–Trinajstić information content (AvgIpc) is 2.52. The average molecular weight is 262 g/mol. The molecule has 0 spiro atoms. The van der Waals surface area contributed by atoms with Gasteiger partial charge in [-0.05, 0) is 57.6 Å². The number of carbonyl (C=O) groups is 1. The summed E-state index contributed by atoms with van der Waals surface area (Å²) >= 11 is 0. The Bertz CT molecular complexity index is 473. The van der Waals surface area contributed by atoms with Crippen LogP contribution >= 0.6 is 0 Å². The maximum absolute atomic E-state index is 12.6. The van der Waals surface area contributed by atoms with Crippen molar-refractivity contribution in [3.63, 3.8) is 0 Å². The quantitative estimate of drug-likeness (QED) is 0.840. The molecule has 4 nitrogen and oxygen atoms in total. The number of hydrogen-bond acceptors (Lipinski definition) is 3.